The summed E-state index contributed by atoms with van der Waals surface area (Å²) in [7, 11) is -2.51. The molecule has 0 heterocycles. The van der Waals surface area contributed by atoms with Gasteiger partial charge in [-0.05, 0) is 30.7 Å². The van der Waals surface area contributed by atoms with Gasteiger partial charge in [0.15, 0.2) is 0 Å². The highest BCUT2D eigenvalue weighted by Gasteiger charge is 2.18. The average Bonchev–Trinajstić information content (AvgIpc) is 2.30. The van der Waals surface area contributed by atoms with Crippen LogP contribution in [0.25, 0.3) is 0 Å². The number of carboxylic acids is 1. The molecule has 0 unspecified atom stereocenters. The molecule has 1 rings (SSSR count). The number of aryl methyl sites for hydroxylation is 1. The van der Waals surface area contributed by atoms with Crippen molar-refractivity contribution < 1.29 is 23.4 Å². The number of phenols is 1. The minimum absolute atomic E-state index is 0.0715. The van der Waals surface area contributed by atoms with E-state index in [1.165, 1.54) is 25.2 Å². The van der Waals surface area contributed by atoms with E-state index >= 15 is 0 Å². The predicted octanol–water partition coefficient (Wildman–Crippen LogP) is 0.764. The first-order valence-corrected chi connectivity index (χ1v) is 6.92. The van der Waals surface area contributed by atoms with E-state index in [4.69, 9.17) is 5.11 Å². The van der Waals surface area contributed by atoms with Crippen molar-refractivity contribution in [2.24, 2.45) is 0 Å². The van der Waals surface area contributed by atoms with Crippen molar-refractivity contribution >= 4 is 21.9 Å². The number of phenolic OH excluding ortho intramolecular Hbond substituents is 1. The number of benzene rings is 1. The van der Waals surface area contributed by atoms with E-state index in [-0.39, 0.29) is 18.7 Å². The summed E-state index contributed by atoms with van der Waals surface area (Å²) in [6.45, 7) is 1.52. The summed E-state index contributed by atoms with van der Waals surface area (Å²) in [5, 5.41) is 17.9. The molecule has 0 amide bonds. The maximum atomic E-state index is 11.9. The monoisotopic (exact) mass is 288 g/mol. The van der Waals surface area contributed by atoms with Crippen LogP contribution in [0.4, 0.5) is 5.69 Å². The Hall–Kier alpha value is -1.80. The molecule has 0 aliphatic carbocycles. The SMILES string of the molecule is Cc1cc(NS(=O)(=O)N(C)CCC(=O)O)ccc1O. The fourth-order valence-corrected chi connectivity index (χ4v) is 2.23. The van der Waals surface area contributed by atoms with Gasteiger partial charge in [0.25, 0.3) is 0 Å². The van der Waals surface area contributed by atoms with Crippen LogP contribution in [0.5, 0.6) is 5.75 Å². The molecule has 3 N–H and O–H groups in total. The van der Waals surface area contributed by atoms with Crippen LogP contribution in [-0.4, -0.2) is 42.5 Å². The Balaban J connectivity index is 2.78. The molecular formula is C11H16N2O5S. The summed E-state index contributed by atoms with van der Waals surface area (Å²) in [6.07, 6.45) is -0.272. The molecule has 1 aromatic rings. The zero-order chi connectivity index (χ0) is 14.6. The standard InChI is InChI=1S/C11H16N2O5S/c1-8-7-9(3-4-10(8)14)12-19(17,18)13(2)6-5-11(15)16/h3-4,7,12,14H,5-6H2,1-2H3,(H,15,16). The molecule has 0 fully saturated rings. The smallest absolute Gasteiger partial charge is 0.304 e. The van der Waals surface area contributed by atoms with Crippen LogP contribution in [0.15, 0.2) is 18.2 Å². The zero-order valence-corrected chi connectivity index (χ0v) is 11.4. The number of carboxylic acid groups (broad SMARTS) is 1. The van der Waals surface area contributed by atoms with E-state index in [0.717, 1.165) is 4.31 Å². The first kappa shape index (κ1) is 15.3. The number of hydrogen-bond donors (Lipinski definition) is 3. The van der Waals surface area contributed by atoms with E-state index in [1.54, 1.807) is 6.92 Å². The summed E-state index contributed by atoms with van der Waals surface area (Å²) in [6, 6.07) is 4.28. The Morgan fingerprint density at radius 2 is 2.05 bits per heavy atom. The minimum atomic E-state index is -3.80. The molecule has 0 aliphatic rings. The summed E-state index contributed by atoms with van der Waals surface area (Å²) in [5.74, 6) is -0.996. The Bertz CT molecular complexity index is 570. The van der Waals surface area contributed by atoms with Crippen LogP contribution in [0.3, 0.4) is 0 Å². The Kier molecular flexibility index (Phi) is 4.73. The van der Waals surface area contributed by atoms with Gasteiger partial charge in [0, 0.05) is 13.6 Å². The van der Waals surface area contributed by atoms with Crippen LogP contribution in [-0.2, 0) is 15.0 Å². The normalized spacial score (nSPS) is 11.5. The zero-order valence-electron chi connectivity index (χ0n) is 10.6. The van der Waals surface area contributed by atoms with Gasteiger partial charge in [0.1, 0.15) is 5.75 Å². The number of carbonyl (C=O) groups is 1. The van der Waals surface area contributed by atoms with Crippen molar-refractivity contribution in [1.82, 2.24) is 4.31 Å². The van der Waals surface area contributed by atoms with Crippen molar-refractivity contribution in [3.05, 3.63) is 23.8 Å². The maximum Gasteiger partial charge on any atom is 0.304 e. The number of aliphatic carboxylic acids is 1. The Morgan fingerprint density at radius 3 is 2.58 bits per heavy atom. The first-order valence-electron chi connectivity index (χ1n) is 5.48. The van der Waals surface area contributed by atoms with Crippen LogP contribution in [0, 0.1) is 6.92 Å². The second-order valence-corrected chi connectivity index (χ2v) is 5.85. The molecule has 0 saturated heterocycles. The molecule has 0 bridgehead atoms. The van der Waals surface area contributed by atoms with Gasteiger partial charge in [-0.2, -0.15) is 12.7 Å². The molecule has 7 nitrogen and oxygen atoms in total. The molecule has 0 spiro atoms. The van der Waals surface area contributed by atoms with Gasteiger partial charge in [-0.3, -0.25) is 9.52 Å². The van der Waals surface area contributed by atoms with Crippen molar-refractivity contribution in [3.8, 4) is 5.75 Å². The molecule has 0 radical (unpaired) electrons. The van der Waals surface area contributed by atoms with Gasteiger partial charge < -0.3 is 10.2 Å². The molecule has 1 aromatic carbocycles. The third kappa shape index (κ3) is 4.42. The highest BCUT2D eigenvalue weighted by atomic mass is 32.2. The van der Waals surface area contributed by atoms with Crippen LogP contribution in [0.2, 0.25) is 0 Å². The van der Waals surface area contributed by atoms with Crippen molar-refractivity contribution in [2.45, 2.75) is 13.3 Å². The summed E-state index contributed by atoms with van der Waals surface area (Å²) < 4.78 is 27.0. The molecule has 8 heteroatoms. The fraction of sp³-hybridized carbons (Fsp3) is 0.364. The Labute approximate surface area is 111 Å². The van der Waals surface area contributed by atoms with E-state index in [0.29, 0.717) is 11.3 Å². The molecular weight excluding hydrogens is 272 g/mol. The van der Waals surface area contributed by atoms with Gasteiger partial charge in [0.2, 0.25) is 0 Å². The first-order chi connectivity index (χ1) is 8.72. The second-order valence-electron chi connectivity index (χ2n) is 4.07. The number of rotatable bonds is 6. The van der Waals surface area contributed by atoms with Crippen LogP contribution < -0.4 is 4.72 Å². The second kappa shape index (κ2) is 5.89. The molecule has 0 atom stereocenters. The third-order valence-electron chi connectivity index (χ3n) is 2.49. The maximum absolute atomic E-state index is 11.9. The number of hydrogen-bond acceptors (Lipinski definition) is 4. The molecule has 0 aliphatic heterocycles. The minimum Gasteiger partial charge on any atom is -0.508 e. The van der Waals surface area contributed by atoms with Crippen molar-refractivity contribution in [1.29, 1.82) is 0 Å². The number of nitrogens with zero attached hydrogens (tertiary/aromatic N) is 1. The van der Waals surface area contributed by atoms with E-state index in [1.807, 2.05) is 0 Å². The number of aromatic hydroxyl groups is 1. The van der Waals surface area contributed by atoms with Crippen LogP contribution in [0.1, 0.15) is 12.0 Å². The predicted molar refractivity (Wildman–Crippen MR) is 70.3 cm³/mol. The van der Waals surface area contributed by atoms with E-state index < -0.39 is 16.2 Å². The highest BCUT2D eigenvalue weighted by Crippen LogP contribution is 2.21. The quantitative estimate of drug-likeness (QED) is 0.670. The number of anilines is 1. The average molecular weight is 288 g/mol. The summed E-state index contributed by atoms with van der Waals surface area (Å²) >= 11 is 0. The lowest BCUT2D eigenvalue weighted by Crippen LogP contribution is -2.34. The highest BCUT2D eigenvalue weighted by molar-refractivity contribution is 7.90. The molecule has 106 valence electrons. The van der Waals surface area contributed by atoms with Gasteiger partial charge in [-0.15, -0.1) is 0 Å². The van der Waals surface area contributed by atoms with Crippen LogP contribution >= 0.6 is 0 Å². The van der Waals surface area contributed by atoms with Gasteiger partial charge in [0.05, 0.1) is 12.1 Å². The topological polar surface area (TPSA) is 107 Å². The molecule has 19 heavy (non-hydrogen) atoms. The fourth-order valence-electron chi connectivity index (χ4n) is 1.32. The molecule has 0 aromatic heterocycles. The lowest BCUT2D eigenvalue weighted by Gasteiger charge is -2.17. The lowest BCUT2D eigenvalue weighted by molar-refractivity contribution is -0.137. The van der Waals surface area contributed by atoms with E-state index in [2.05, 4.69) is 4.72 Å². The summed E-state index contributed by atoms with van der Waals surface area (Å²) in [4.78, 5) is 10.4. The largest absolute Gasteiger partial charge is 0.508 e. The van der Waals surface area contributed by atoms with Gasteiger partial charge in [-0.25, -0.2) is 0 Å². The molecule has 0 saturated carbocycles. The Morgan fingerprint density at radius 1 is 1.42 bits per heavy atom. The van der Waals surface area contributed by atoms with Gasteiger partial charge in [-0.1, -0.05) is 0 Å². The van der Waals surface area contributed by atoms with E-state index in [9.17, 15) is 18.3 Å². The van der Waals surface area contributed by atoms with Crippen molar-refractivity contribution in [2.75, 3.05) is 18.3 Å². The number of nitrogens with one attached hydrogen (secondary N) is 1. The summed E-state index contributed by atoms with van der Waals surface area (Å²) in [5.41, 5.74) is 0.839. The third-order valence-corrected chi connectivity index (χ3v) is 3.99. The van der Waals surface area contributed by atoms with Crippen molar-refractivity contribution in [3.63, 3.8) is 0 Å². The van der Waals surface area contributed by atoms with Gasteiger partial charge >= 0.3 is 16.2 Å². The lowest BCUT2D eigenvalue weighted by atomic mass is 10.2.